The number of imide groups is 1. The first kappa shape index (κ1) is 22.8. The minimum absolute atomic E-state index is 0.115. The molecule has 166 valence electrons. The fraction of sp³-hybridized carbons (Fsp3) is 0.692. The smallest absolute Gasteiger partial charge is 0.232 e. The highest BCUT2D eigenvalue weighted by molar-refractivity contribution is 6.00. The number of phenolic OH excluding ortho intramolecular Hbond substituents is 1. The summed E-state index contributed by atoms with van der Waals surface area (Å²) in [6.07, 6.45) is 8.63. The van der Waals surface area contributed by atoms with Gasteiger partial charge in [0.25, 0.3) is 0 Å². The van der Waals surface area contributed by atoms with Gasteiger partial charge in [0.15, 0.2) is 0 Å². The van der Waals surface area contributed by atoms with Gasteiger partial charge in [-0.3, -0.25) is 14.9 Å². The van der Waals surface area contributed by atoms with E-state index in [1.807, 2.05) is 26.0 Å². The molecule has 4 heteroatoms. The average Bonchev–Trinajstić information content (AvgIpc) is 2.68. The molecule has 1 aromatic carbocycles. The number of unbranched alkanes of at least 4 members (excludes halogenated alkanes) is 2. The quantitative estimate of drug-likeness (QED) is 0.592. The van der Waals surface area contributed by atoms with Crippen molar-refractivity contribution in [3.8, 4) is 5.75 Å². The van der Waals surface area contributed by atoms with Crippen LogP contribution < -0.4 is 5.32 Å². The highest BCUT2D eigenvalue weighted by Crippen LogP contribution is 2.57. The van der Waals surface area contributed by atoms with Gasteiger partial charge in [-0.05, 0) is 66.7 Å². The molecule has 30 heavy (non-hydrogen) atoms. The summed E-state index contributed by atoms with van der Waals surface area (Å²) in [7, 11) is 0. The van der Waals surface area contributed by atoms with E-state index >= 15 is 0 Å². The molecule has 2 N–H and O–H groups in total. The number of aromatic hydroxyl groups is 1. The zero-order valence-corrected chi connectivity index (χ0v) is 19.4. The Bertz CT molecular complexity index is 814. The maximum Gasteiger partial charge on any atom is 0.232 e. The maximum atomic E-state index is 13.5. The van der Waals surface area contributed by atoms with Crippen molar-refractivity contribution in [3.05, 3.63) is 29.3 Å². The van der Waals surface area contributed by atoms with Gasteiger partial charge in [0.05, 0.1) is 5.41 Å². The molecular weight excluding hydrogens is 374 g/mol. The molecule has 3 rings (SSSR count). The molecule has 2 aliphatic carbocycles. The van der Waals surface area contributed by atoms with Crippen LogP contribution in [0, 0.1) is 16.7 Å². The second kappa shape index (κ2) is 8.36. The maximum absolute atomic E-state index is 13.5. The molecule has 0 unspecified atom stereocenters. The van der Waals surface area contributed by atoms with Gasteiger partial charge in [-0.1, -0.05) is 66.4 Å². The molecule has 0 aliphatic heterocycles. The zero-order chi connectivity index (χ0) is 22.2. The monoisotopic (exact) mass is 413 g/mol. The summed E-state index contributed by atoms with van der Waals surface area (Å²) in [5, 5.41) is 12.9. The largest absolute Gasteiger partial charge is 0.508 e. The average molecular weight is 414 g/mol. The van der Waals surface area contributed by atoms with Crippen LogP contribution in [0.5, 0.6) is 5.75 Å². The van der Waals surface area contributed by atoms with Crippen molar-refractivity contribution in [1.29, 1.82) is 0 Å². The summed E-state index contributed by atoms with van der Waals surface area (Å²) in [5.74, 6) is 0.182. The summed E-state index contributed by atoms with van der Waals surface area (Å²) < 4.78 is 0. The number of rotatable bonds is 6. The number of amides is 2. The van der Waals surface area contributed by atoms with Crippen LogP contribution >= 0.6 is 0 Å². The van der Waals surface area contributed by atoms with Crippen molar-refractivity contribution in [3.63, 3.8) is 0 Å². The van der Waals surface area contributed by atoms with E-state index in [2.05, 4.69) is 26.1 Å². The summed E-state index contributed by atoms with van der Waals surface area (Å²) in [4.78, 5) is 26.5. The number of fused-ring (bicyclic) bond motifs is 3. The van der Waals surface area contributed by atoms with Gasteiger partial charge >= 0.3 is 0 Å². The molecule has 0 saturated heterocycles. The Labute approximate surface area is 181 Å². The van der Waals surface area contributed by atoms with E-state index in [4.69, 9.17) is 0 Å². The Morgan fingerprint density at radius 3 is 2.63 bits per heavy atom. The van der Waals surface area contributed by atoms with E-state index in [9.17, 15) is 14.7 Å². The lowest BCUT2D eigenvalue weighted by Crippen LogP contribution is -2.57. The van der Waals surface area contributed by atoms with E-state index in [0.717, 1.165) is 57.8 Å². The van der Waals surface area contributed by atoms with Crippen LogP contribution in [0.2, 0.25) is 0 Å². The molecule has 0 bridgehead atoms. The molecule has 4 nitrogen and oxygen atoms in total. The minimum Gasteiger partial charge on any atom is -0.508 e. The summed E-state index contributed by atoms with van der Waals surface area (Å²) in [5.41, 5.74) is 1.19. The van der Waals surface area contributed by atoms with Gasteiger partial charge in [0, 0.05) is 5.41 Å². The molecule has 2 amide bonds. The number of hydrogen-bond donors (Lipinski definition) is 2. The second-order valence-electron chi connectivity index (χ2n) is 10.7. The third-order valence-electron chi connectivity index (χ3n) is 8.11. The number of carbonyl (C=O) groups excluding carboxylic acids is 2. The van der Waals surface area contributed by atoms with E-state index in [1.54, 1.807) is 6.07 Å². The third-order valence-corrected chi connectivity index (χ3v) is 8.11. The predicted octanol–water partition coefficient (Wildman–Crippen LogP) is 5.65. The number of aryl methyl sites for hydroxylation is 1. The van der Waals surface area contributed by atoms with Crippen LogP contribution in [0.3, 0.4) is 0 Å². The van der Waals surface area contributed by atoms with Gasteiger partial charge in [0.2, 0.25) is 11.8 Å². The fourth-order valence-corrected chi connectivity index (χ4v) is 6.07. The first-order valence-corrected chi connectivity index (χ1v) is 11.7. The van der Waals surface area contributed by atoms with Gasteiger partial charge in [-0.25, -0.2) is 0 Å². The fourth-order valence-electron chi connectivity index (χ4n) is 6.07. The van der Waals surface area contributed by atoms with Crippen LogP contribution in [-0.2, 0) is 21.4 Å². The number of nitrogens with one attached hydrogen (secondary N) is 1. The number of carbonyl (C=O) groups is 2. The molecule has 0 spiro atoms. The topological polar surface area (TPSA) is 66.4 Å². The van der Waals surface area contributed by atoms with Crippen molar-refractivity contribution >= 4 is 11.8 Å². The first-order valence-electron chi connectivity index (χ1n) is 11.7. The number of phenols is 1. The molecule has 0 heterocycles. The van der Waals surface area contributed by atoms with Crippen LogP contribution in [0.4, 0.5) is 0 Å². The van der Waals surface area contributed by atoms with Crippen LogP contribution in [0.1, 0.15) is 97.1 Å². The molecular formula is C26H39NO3. The van der Waals surface area contributed by atoms with Gasteiger partial charge < -0.3 is 5.11 Å². The Morgan fingerprint density at radius 1 is 1.20 bits per heavy atom. The Morgan fingerprint density at radius 2 is 1.93 bits per heavy atom. The lowest BCUT2D eigenvalue weighted by Gasteiger charge is -2.54. The number of benzene rings is 1. The van der Waals surface area contributed by atoms with E-state index in [0.29, 0.717) is 0 Å². The van der Waals surface area contributed by atoms with Crippen molar-refractivity contribution in [2.45, 2.75) is 97.8 Å². The molecule has 2 aliphatic rings. The molecule has 1 fully saturated rings. The van der Waals surface area contributed by atoms with Gasteiger partial charge in [0.1, 0.15) is 5.75 Å². The molecule has 0 radical (unpaired) electrons. The lowest BCUT2D eigenvalue weighted by molar-refractivity contribution is -0.146. The Kier molecular flexibility index (Phi) is 6.36. The molecule has 1 saturated carbocycles. The van der Waals surface area contributed by atoms with Gasteiger partial charge in [-0.2, -0.15) is 0 Å². The van der Waals surface area contributed by atoms with Crippen molar-refractivity contribution in [2.75, 3.05) is 0 Å². The summed E-state index contributed by atoms with van der Waals surface area (Å²) >= 11 is 0. The summed E-state index contributed by atoms with van der Waals surface area (Å²) in [6, 6.07) is 5.68. The van der Waals surface area contributed by atoms with Crippen LogP contribution in [0.25, 0.3) is 0 Å². The highest BCUT2D eigenvalue weighted by atomic mass is 16.3. The van der Waals surface area contributed by atoms with E-state index in [-0.39, 0.29) is 28.9 Å². The zero-order valence-electron chi connectivity index (χ0n) is 19.4. The predicted molar refractivity (Wildman–Crippen MR) is 120 cm³/mol. The van der Waals surface area contributed by atoms with E-state index < -0.39 is 10.8 Å². The van der Waals surface area contributed by atoms with Crippen molar-refractivity contribution in [1.82, 2.24) is 5.32 Å². The Balaban J connectivity index is 1.82. The van der Waals surface area contributed by atoms with Gasteiger partial charge in [-0.15, -0.1) is 0 Å². The molecule has 3 atom stereocenters. The molecule has 1 aromatic rings. The first-order chi connectivity index (χ1) is 14.0. The minimum atomic E-state index is -0.578. The van der Waals surface area contributed by atoms with Crippen LogP contribution in [0.15, 0.2) is 18.2 Å². The van der Waals surface area contributed by atoms with Crippen LogP contribution in [-0.4, -0.2) is 16.9 Å². The van der Waals surface area contributed by atoms with Crippen molar-refractivity contribution < 1.29 is 14.7 Å². The Hall–Kier alpha value is -1.84. The highest BCUT2D eigenvalue weighted by Gasteiger charge is 2.55. The standard InChI is InChI=1S/C26H39NO3/c1-6-7-8-14-24(2,3)22(29)27-23(30)26(5)16-9-15-25(4)20-17-19(28)12-10-18(20)11-13-21(25)26/h10,12,17,21,28H,6-9,11,13-16H2,1-5H3,(H,27,29,30)/t21-,25-,26+/m1/s1. The molecule has 0 aromatic heterocycles. The SMILES string of the molecule is CCCCCC(C)(C)C(=O)NC(=O)[C@@]1(C)CCC[C@]2(C)c3cc(O)ccc3CC[C@@H]12. The lowest BCUT2D eigenvalue weighted by atomic mass is 9.49. The summed E-state index contributed by atoms with van der Waals surface area (Å²) in [6.45, 7) is 10.3. The normalized spacial score (nSPS) is 28.4. The van der Waals surface area contributed by atoms with E-state index in [1.165, 1.54) is 11.1 Å². The number of hydrogen-bond acceptors (Lipinski definition) is 3. The van der Waals surface area contributed by atoms with Crippen molar-refractivity contribution in [2.24, 2.45) is 16.7 Å². The third kappa shape index (κ3) is 4.02. The second-order valence-corrected chi connectivity index (χ2v) is 10.7.